The molecule has 0 fully saturated rings. The van der Waals surface area contributed by atoms with E-state index in [1.165, 1.54) is 0 Å². The summed E-state index contributed by atoms with van der Waals surface area (Å²) in [7, 11) is 0. The molecular formula is C13H19NO3. The summed E-state index contributed by atoms with van der Waals surface area (Å²) in [5.74, 6) is 0.498. The Bertz CT molecular complexity index is 325. The Balaban J connectivity index is 2.10. The van der Waals surface area contributed by atoms with E-state index in [1.807, 2.05) is 6.07 Å². The number of nitrogens with one attached hydrogen (secondary N) is 1. The molecule has 0 aliphatic heterocycles. The van der Waals surface area contributed by atoms with Gasteiger partial charge in [-0.3, -0.25) is 0 Å². The van der Waals surface area contributed by atoms with Crippen LogP contribution in [-0.4, -0.2) is 25.3 Å². The highest BCUT2D eigenvalue weighted by molar-refractivity contribution is 5.63. The molecule has 94 valence electrons. The van der Waals surface area contributed by atoms with E-state index in [0.29, 0.717) is 18.4 Å². The van der Waals surface area contributed by atoms with E-state index >= 15 is 0 Å². The van der Waals surface area contributed by atoms with Crippen molar-refractivity contribution in [1.29, 1.82) is 0 Å². The summed E-state index contributed by atoms with van der Waals surface area (Å²) < 4.78 is 9.89. The van der Waals surface area contributed by atoms with Crippen LogP contribution in [0.15, 0.2) is 30.3 Å². The van der Waals surface area contributed by atoms with E-state index in [1.54, 1.807) is 24.3 Å². The highest BCUT2D eigenvalue weighted by atomic mass is 16.7. The van der Waals surface area contributed by atoms with Crippen LogP contribution >= 0.6 is 0 Å². The van der Waals surface area contributed by atoms with Gasteiger partial charge in [-0.1, -0.05) is 32.0 Å². The van der Waals surface area contributed by atoms with Crippen molar-refractivity contribution in [1.82, 2.24) is 5.32 Å². The molecule has 1 aromatic carbocycles. The lowest BCUT2D eigenvalue weighted by Crippen LogP contribution is -2.25. The van der Waals surface area contributed by atoms with Gasteiger partial charge >= 0.3 is 6.16 Å². The molecule has 0 aliphatic carbocycles. The first kappa shape index (κ1) is 13.5. The molecule has 17 heavy (non-hydrogen) atoms. The Kier molecular flexibility index (Phi) is 6.10. The van der Waals surface area contributed by atoms with Crippen LogP contribution in [0.4, 0.5) is 4.79 Å². The second kappa shape index (κ2) is 7.68. The molecule has 4 heteroatoms. The molecular weight excluding hydrogens is 218 g/mol. The summed E-state index contributed by atoms with van der Waals surface area (Å²) in [6.07, 6.45) is 0.128. The molecule has 0 aliphatic rings. The third-order valence-corrected chi connectivity index (χ3v) is 2.04. The molecule has 0 saturated carbocycles. The smallest absolute Gasteiger partial charge is 0.434 e. The van der Waals surface area contributed by atoms with Crippen molar-refractivity contribution in [3.63, 3.8) is 0 Å². The summed E-state index contributed by atoms with van der Waals surface area (Å²) in [6, 6.07) is 9.33. The summed E-state index contributed by atoms with van der Waals surface area (Å²) in [4.78, 5) is 11.2. The van der Waals surface area contributed by atoms with E-state index in [2.05, 4.69) is 19.2 Å². The van der Waals surface area contributed by atoms with Crippen LogP contribution in [0, 0.1) is 0 Å². The minimum absolute atomic E-state index is 0.366. The summed E-state index contributed by atoms with van der Waals surface area (Å²) in [6.45, 7) is 5.34. The second-order valence-electron chi connectivity index (χ2n) is 3.98. The maximum atomic E-state index is 11.2. The Labute approximate surface area is 102 Å². The van der Waals surface area contributed by atoms with Gasteiger partial charge in [0.25, 0.3) is 0 Å². The molecule has 0 aromatic heterocycles. The number of ether oxygens (including phenoxy) is 2. The van der Waals surface area contributed by atoms with Gasteiger partial charge < -0.3 is 14.8 Å². The third kappa shape index (κ3) is 6.58. The number of benzene rings is 1. The first-order chi connectivity index (χ1) is 8.18. The van der Waals surface area contributed by atoms with Crippen LogP contribution in [0.2, 0.25) is 0 Å². The zero-order chi connectivity index (χ0) is 12.5. The topological polar surface area (TPSA) is 47.6 Å². The molecule has 4 nitrogen and oxygen atoms in total. The SMILES string of the molecule is CC(C)NCCCOC(=O)Oc1ccccc1. The van der Waals surface area contributed by atoms with Crippen molar-refractivity contribution < 1.29 is 14.3 Å². The van der Waals surface area contributed by atoms with Crippen molar-refractivity contribution in [3.8, 4) is 5.75 Å². The van der Waals surface area contributed by atoms with E-state index in [0.717, 1.165) is 13.0 Å². The van der Waals surface area contributed by atoms with Gasteiger partial charge in [-0.2, -0.15) is 0 Å². The lowest BCUT2D eigenvalue weighted by atomic mass is 10.3. The lowest BCUT2D eigenvalue weighted by Gasteiger charge is -2.08. The van der Waals surface area contributed by atoms with E-state index in [9.17, 15) is 4.79 Å². The first-order valence-electron chi connectivity index (χ1n) is 5.81. The van der Waals surface area contributed by atoms with Gasteiger partial charge in [0.15, 0.2) is 0 Å². The van der Waals surface area contributed by atoms with E-state index in [-0.39, 0.29) is 0 Å². The minimum atomic E-state index is -0.652. The number of rotatable bonds is 6. The fourth-order valence-corrected chi connectivity index (χ4v) is 1.23. The van der Waals surface area contributed by atoms with Crippen LogP contribution in [0.5, 0.6) is 5.75 Å². The Morgan fingerprint density at radius 1 is 1.29 bits per heavy atom. The summed E-state index contributed by atoms with van der Waals surface area (Å²) in [5, 5.41) is 3.24. The maximum absolute atomic E-state index is 11.2. The van der Waals surface area contributed by atoms with Gasteiger partial charge in [-0.05, 0) is 25.1 Å². The van der Waals surface area contributed by atoms with Crippen molar-refractivity contribution >= 4 is 6.16 Å². The van der Waals surface area contributed by atoms with Crippen LogP contribution in [0.25, 0.3) is 0 Å². The molecule has 1 N–H and O–H groups in total. The molecule has 0 unspecified atom stereocenters. The van der Waals surface area contributed by atoms with Gasteiger partial charge in [0.2, 0.25) is 0 Å². The van der Waals surface area contributed by atoms with Crippen LogP contribution in [0.1, 0.15) is 20.3 Å². The average molecular weight is 237 g/mol. The van der Waals surface area contributed by atoms with Gasteiger partial charge in [0.05, 0.1) is 6.61 Å². The highest BCUT2D eigenvalue weighted by Gasteiger charge is 2.04. The summed E-state index contributed by atoms with van der Waals surface area (Å²) >= 11 is 0. The predicted molar refractivity (Wildman–Crippen MR) is 66.2 cm³/mol. The fraction of sp³-hybridized carbons (Fsp3) is 0.462. The van der Waals surface area contributed by atoms with Crippen molar-refractivity contribution in [3.05, 3.63) is 30.3 Å². The number of carbonyl (C=O) groups is 1. The largest absolute Gasteiger partial charge is 0.513 e. The average Bonchev–Trinajstić information content (AvgIpc) is 2.29. The molecule has 0 bridgehead atoms. The van der Waals surface area contributed by atoms with E-state index < -0.39 is 6.16 Å². The van der Waals surface area contributed by atoms with E-state index in [4.69, 9.17) is 9.47 Å². The normalized spacial score (nSPS) is 10.3. The quantitative estimate of drug-likeness (QED) is 0.469. The van der Waals surface area contributed by atoms with Gasteiger partial charge in [-0.25, -0.2) is 4.79 Å². The molecule has 1 aromatic rings. The van der Waals surface area contributed by atoms with Crippen molar-refractivity contribution in [2.75, 3.05) is 13.2 Å². The summed E-state index contributed by atoms with van der Waals surface area (Å²) in [5.41, 5.74) is 0. The number of hydrogen-bond donors (Lipinski definition) is 1. The highest BCUT2D eigenvalue weighted by Crippen LogP contribution is 2.08. The lowest BCUT2D eigenvalue weighted by molar-refractivity contribution is 0.0979. The molecule has 0 heterocycles. The Morgan fingerprint density at radius 2 is 2.00 bits per heavy atom. The third-order valence-electron chi connectivity index (χ3n) is 2.04. The molecule has 0 amide bonds. The first-order valence-corrected chi connectivity index (χ1v) is 5.81. The van der Waals surface area contributed by atoms with Crippen molar-refractivity contribution in [2.45, 2.75) is 26.3 Å². The molecule has 0 saturated heterocycles. The van der Waals surface area contributed by atoms with Gasteiger partial charge in [-0.15, -0.1) is 0 Å². The predicted octanol–water partition coefficient (Wildman–Crippen LogP) is 2.59. The van der Waals surface area contributed by atoms with Gasteiger partial charge in [0, 0.05) is 6.04 Å². The number of carbonyl (C=O) groups excluding carboxylic acids is 1. The monoisotopic (exact) mass is 237 g/mol. The second-order valence-corrected chi connectivity index (χ2v) is 3.98. The standard InChI is InChI=1S/C13H19NO3/c1-11(2)14-9-6-10-16-13(15)17-12-7-4-3-5-8-12/h3-5,7-8,11,14H,6,9-10H2,1-2H3. The minimum Gasteiger partial charge on any atom is -0.434 e. The number of hydrogen-bond acceptors (Lipinski definition) is 4. The maximum Gasteiger partial charge on any atom is 0.513 e. The molecule has 0 radical (unpaired) electrons. The number of para-hydroxylation sites is 1. The Hall–Kier alpha value is -1.55. The zero-order valence-corrected chi connectivity index (χ0v) is 10.3. The van der Waals surface area contributed by atoms with Crippen LogP contribution < -0.4 is 10.1 Å². The van der Waals surface area contributed by atoms with Gasteiger partial charge in [0.1, 0.15) is 5.75 Å². The zero-order valence-electron chi connectivity index (χ0n) is 10.3. The molecule has 0 atom stereocenters. The van der Waals surface area contributed by atoms with Crippen LogP contribution in [-0.2, 0) is 4.74 Å². The molecule has 1 rings (SSSR count). The van der Waals surface area contributed by atoms with Crippen LogP contribution in [0.3, 0.4) is 0 Å². The van der Waals surface area contributed by atoms with Crippen molar-refractivity contribution in [2.24, 2.45) is 0 Å². The Morgan fingerprint density at radius 3 is 2.65 bits per heavy atom. The molecule has 0 spiro atoms. The fourth-order valence-electron chi connectivity index (χ4n) is 1.23.